The van der Waals surface area contributed by atoms with E-state index in [1.54, 1.807) is 6.92 Å². The summed E-state index contributed by atoms with van der Waals surface area (Å²) < 4.78 is 16.2. The molecule has 1 radical (unpaired) electrons. The molecule has 1 aromatic carbocycles. The molecule has 2 atom stereocenters. The SMILES string of the molecule is C[C](C)CN1CCC2(CC1)Cc1ccc(C(C)=O)cc1[C@H]2N[S@+]([O-])C(C)(C)C. The van der Waals surface area contributed by atoms with Gasteiger partial charge in [0.05, 0.1) is 6.04 Å². The van der Waals surface area contributed by atoms with Crippen LogP contribution in [0.25, 0.3) is 0 Å². The Morgan fingerprint density at radius 1 is 1.25 bits per heavy atom. The van der Waals surface area contributed by atoms with Gasteiger partial charge in [-0.2, -0.15) is 0 Å². The smallest absolute Gasteiger partial charge is 0.159 e. The Hall–Kier alpha value is -0.880. The molecule has 0 saturated carbocycles. The van der Waals surface area contributed by atoms with Gasteiger partial charge in [0, 0.05) is 28.9 Å². The Morgan fingerprint density at radius 2 is 1.89 bits per heavy atom. The van der Waals surface area contributed by atoms with Gasteiger partial charge >= 0.3 is 0 Å². The van der Waals surface area contributed by atoms with E-state index in [1.807, 2.05) is 32.9 Å². The molecule has 5 heteroatoms. The van der Waals surface area contributed by atoms with Gasteiger partial charge in [-0.1, -0.05) is 26.0 Å². The van der Waals surface area contributed by atoms with Crippen LogP contribution in [-0.2, 0) is 17.8 Å². The molecule has 28 heavy (non-hydrogen) atoms. The number of hydrogen-bond donors (Lipinski definition) is 1. The molecule has 1 fully saturated rings. The second-order valence-electron chi connectivity index (χ2n) is 9.92. The molecule has 1 N–H and O–H groups in total. The maximum atomic E-state index is 13.0. The molecule has 155 valence electrons. The third-order valence-electron chi connectivity index (χ3n) is 6.19. The highest BCUT2D eigenvalue weighted by atomic mass is 32.2. The first kappa shape index (κ1) is 21.8. The van der Waals surface area contributed by atoms with Crippen molar-refractivity contribution in [2.24, 2.45) is 5.41 Å². The molecule has 1 heterocycles. The predicted molar refractivity (Wildman–Crippen MR) is 117 cm³/mol. The first-order valence-electron chi connectivity index (χ1n) is 10.3. The summed E-state index contributed by atoms with van der Waals surface area (Å²) in [4.78, 5) is 14.5. The number of likely N-dealkylation sites (tertiary alicyclic amines) is 1. The van der Waals surface area contributed by atoms with Gasteiger partial charge in [0.25, 0.3) is 0 Å². The fourth-order valence-electron chi connectivity index (χ4n) is 4.60. The highest BCUT2D eigenvalue weighted by Gasteiger charge is 2.50. The van der Waals surface area contributed by atoms with Gasteiger partial charge in [0.15, 0.2) is 5.78 Å². The number of Topliss-reactive ketones (excluding diaryl/α,β-unsaturated/α-hetero) is 1. The number of piperidine rings is 1. The average Bonchev–Trinajstić information content (AvgIpc) is 2.88. The van der Waals surface area contributed by atoms with Crippen molar-refractivity contribution < 1.29 is 9.35 Å². The summed E-state index contributed by atoms with van der Waals surface area (Å²) in [5.74, 6) is 1.53. The van der Waals surface area contributed by atoms with E-state index in [1.165, 1.54) is 17.0 Å². The lowest BCUT2D eigenvalue weighted by molar-refractivity contribution is 0.0868. The van der Waals surface area contributed by atoms with Crippen LogP contribution in [0.4, 0.5) is 0 Å². The summed E-state index contributed by atoms with van der Waals surface area (Å²) >= 11 is -1.15. The van der Waals surface area contributed by atoms with Gasteiger partial charge in [-0.15, -0.1) is 4.72 Å². The number of benzene rings is 1. The molecule has 0 unspecified atom stereocenters. The van der Waals surface area contributed by atoms with E-state index in [-0.39, 0.29) is 22.0 Å². The summed E-state index contributed by atoms with van der Waals surface area (Å²) in [6.45, 7) is 15.2. The highest BCUT2D eigenvalue weighted by molar-refractivity contribution is 7.90. The molecular weight excluding hydrogens is 368 g/mol. The van der Waals surface area contributed by atoms with Crippen LogP contribution in [0.15, 0.2) is 18.2 Å². The maximum Gasteiger partial charge on any atom is 0.159 e. The molecule has 1 spiro atoms. The van der Waals surface area contributed by atoms with Crippen LogP contribution < -0.4 is 4.72 Å². The first-order valence-corrected chi connectivity index (χ1v) is 11.5. The molecule has 1 saturated heterocycles. The fourth-order valence-corrected chi connectivity index (χ4v) is 5.54. The minimum Gasteiger partial charge on any atom is -0.598 e. The molecule has 1 aliphatic carbocycles. The Labute approximate surface area is 173 Å². The van der Waals surface area contributed by atoms with Gasteiger partial charge in [0.1, 0.15) is 4.75 Å². The van der Waals surface area contributed by atoms with Crippen molar-refractivity contribution in [3.05, 3.63) is 40.8 Å². The molecule has 0 amide bonds. The van der Waals surface area contributed by atoms with Crippen molar-refractivity contribution in [3.8, 4) is 0 Å². The number of ketones is 1. The summed E-state index contributed by atoms with van der Waals surface area (Å²) in [5, 5.41) is 0. The van der Waals surface area contributed by atoms with Gasteiger partial charge in [-0.25, -0.2) is 0 Å². The van der Waals surface area contributed by atoms with Crippen LogP contribution in [0.3, 0.4) is 0 Å². The minimum atomic E-state index is -1.15. The summed E-state index contributed by atoms with van der Waals surface area (Å²) in [6, 6.07) is 6.14. The zero-order chi connectivity index (χ0) is 20.7. The lowest BCUT2D eigenvalue weighted by Crippen LogP contribution is -2.50. The van der Waals surface area contributed by atoms with E-state index >= 15 is 0 Å². The summed E-state index contributed by atoms with van der Waals surface area (Å²) in [6.07, 6.45) is 3.18. The lowest BCUT2D eigenvalue weighted by atomic mass is 9.73. The second-order valence-corrected chi connectivity index (χ2v) is 11.9. The molecule has 3 rings (SSSR count). The summed E-state index contributed by atoms with van der Waals surface area (Å²) in [7, 11) is 0. The van der Waals surface area contributed by atoms with Crippen molar-refractivity contribution in [3.63, 3.8) is 0 Å². The molecule has 0 aromatic heterocycles. The maximum absolute atomic E-state index is 13.0. The minimum absolute atomic E-state index is 0.0377. The third kappa shape index (κ3) is 4.48. The van der Waals surface area contributed by atoms with Crippen molar-refractivity contribution in [2.45, 2.75) is 71.6 Å². The van der Waals surface area contributed by atoms with Crippen LogP contribution in [-0.4, -0.2) is 39.6 Å². The Morgan fingerprint density at radius 3 is 2.43 bits per heavy atom. The topological polar surface area (TPSA) is 55.4 Å². The molecule has 1 aliphatic heterocycles. The largest absolute Gasteiger partial charge is 0.598 e. The number of fused-ring (bicyclic) bond motifs is 1. The van der Waals surface area contributed by atoms with Crippen LogP contribution in [0.1, 0.15) is 81.9 Å². The molecule has 4 nitrogen and oxygen atoms in total. The van der Waals surface area contributed by atoms with Crippen molar-refractivity contribution in [2.75, 3.05) is 19.6 Å². The van der Waals surface area contributed by atoms with Gasteiger partial charge < -0.3 is 9.45 Å². The van der Waals surface area contributed by atoms with Gasteiger partial charge in [0.2, 0.25) is 0 Å². The number of carbonyl (C=O) groups is 1. The van der Waals surface area contributed by atoms with E-state index in [4.69, 9.17) is 0 Å². The molecule has 1 aromatic rings. The number of carbonyl (C=O) groups excluding carboxylic acids is 1. The normalized spacial score (nSPS) is 23.2. The van der Waals surface area contributed by atoms with E-state index in [9.17, 15) is 9.35 Å². The second kappa shape index (κ2) is 8.10. The fraction of sp³-hybridized carbons (Fsp3) is 0.652. The van der Waals surface area contributed by atoms with Crippen molar-refractivity contribution in [1.29, 1.82) is 0 Å². The standard InChI is InChI=1S/C23H35N2O2S/c1-16(2)15-25-11-9-23(10-12-25)14-19-8-7-18(17(3)26)13-20(19)21(23)24-28(27)22(4,5)6/h7-8,13,21,24H,9-12,14-15H2,1-6H3/t21-,28-/m1/s1. The Kier molecular flexibility index (Phi) is 6.31. The molecule has 2 aliphatic rings. The lowest BCUT2D eigenvalue weighted by Gasteiger charge is -2.44. The van der Waals surface area contributed by atoms with Gasteiger partial charge in [-0.05, 0) is 83.2 Å². The number of hydrogen-bond acceptors (Lipinski definition) is 4. The Bertz CT molecular complexity index is 718. The number of rotatable bonds is 5. The summed E-state index contributed by atoms with van der Waals surface area (Å²) in [5.41, 5.74) is 3.31. The monoisotopic (exact) mass is 403 g/mol. The van der Waals surface area contributed by atoms with E-state index in [2.05, 4.69) is 29.5 Å². The first-order chi connectivity index (χ1) is 13.0. The van der Waals surface area contributed by atoms with E-state index < -0.39 is 11.4 Å². The zero-order valence-corrected chi connectivity index (χ0v) is 19.0. The zero-order valence-electron chi connectivity index (χ0n) is 18.2. The van der Waals surface area contributed by atoms with Crippen LogP contribution in [0, 0.1) is 11.3 Å². The van der Waals surface area contributed by atoms with Crippen LogP contribution >= 0.6 is 0 Å². The molecular formula is C23H35N2O2S. The third-order valence-corrected chi connectivity index (χ3v) is 7.75. The van der Waals surface area contributed by atoms with Gasteiger partial charge in [-0.3, -0.25) is 4.79 Å². The quantitative estimate of drug-likeness (QED) is 0.590. The van der Waals surface area contributed by atoms with E-state index in [0.29, 0.717) is 0 Å². The predicted octanol–water partition coefficient (Wildman–Crippen LogP) is 4.23. The van der Waals surface area contributed by atoms with Crippen LogP contribution in [0.5, 0.6) is 0 Å². The van der Waals surface area contributed by atoms with Crippen molar-refractivity contribution in [1.82, 2.24) is 9.62 Å². The highest BCUT2D eigenvalue weighted by Crippen LogP contribution is 2.52. The average molecular weight is 404 g/mol. The molecule has 0 bridgehead atoms. The Balaban J connectivity index is 1.90. The number of nitrogens with zero attached hydrogens (tertiary/aromatic N) is 1. The van der Waals surface area contributed by atoms with E-state index in [0.717, 1.165) is 44.5 Å². The van der Waals surface area contributed by atoms with Crippen LogP contribution in [0.2, 0.25) is 0 Å². The van der Waals surface area contributed by atoms with Crippen molar-refractivity contribution >= 4 is 17.1 Å². The number of nitrogens with one attached hydrogen (secondary N) is 1.